The van der Waals surface area contributed by atoms with Crippen molar-refractivity contribution in [2.45, 2.75) is 19.4 Å². The minimum atomic E-state index is 0.170. The van der Waals surface area contributed by atoms with Crippen LogP contribution in [0, 0.1) is 6.92 Å². The highest BCUT2D eigenvalue weighted by Gasteiger charge is 2.08. The lowest BCUT2D eigenvalue weighted by molar-refractivity contribution is 0.716. The van der Waals surface area contributed by atoms with Crippen LogP contribution >= 0.6 is 0 Å². The second-order valence-electron chi connectivity index (χ2n) is 4.38. The maximum atomic E-state index is 5.80. The van der Waals surface area contributed by atoms with Gasteiger partial charge in [-0.3, -0.25) is 0 Å². The Morgan fingerprint density at radius 1 is 1.28 bits per heavy atom. The number of benzene rings is 1. The molecule has 0 aliphatic rings. The van der Waals surface area contributed by atoms with Gasteiger partial charge in [-0.05, 0) is 30.5 Å². The van der Waals surface area contributed by atoms with Crippen LogP contribution in [0.4, 0.5) is 5.82 Å². The van der Waals surface area contributed by atoms with Crippen LogP contribution in [-0.4, -0.2) is 22.8 Å². The number of nitrogens with one attached hydrogen (secondary N) is 1. The first-order valence-corrected chi connectivity index (χ1v) is 6.08. The van der Waals surface area contributed by atoms with Gasteiger partial charge in [0.2, 0.25) is 0 Å². The lowest BCUT2D eigenvalue weighted by atomic mass is 10.1. The lowest BCUT2D eigenvalue weighted by Gasteiger charge is -2.17. The molecule has 0 spiro atoms. The van der Waals surface area contributed by atoms with Crippen LogP contribution in [0.5, 0.6) is 0 Å². The molecule has 0 amide bonds. The summed E-state index contributed by atoms with van der Waals surface area (Å²) in [6.45, 7) is 2.55. The molecule has 0 saturated carbocycles. The molecule has 4 heteroatoms. The first kappa shape index (κ1) is 12.5. The smallest absolute Gasteiger partial charge is 0.149 e. The van der Waals surface area contributed by atoms with Gasteiger partial charge in [-0.1, -0.05) is 30.3 Å². The molecule has 0 radical (unpaired) electrons. The number of nitrogens with two attached hydrogens (primary N) is 1. The Kier molecular flexibility index (Phi) is 4.25. The Balaban J connectivity index is 2.01. The van der Waals surface area contributed by atoms with Gasteiger partial charge in [0.15, 0.2) is 0 Å². The fourth-order valence-electron chi connectivity index (χ4n) is 1.84. The average molecular weight is 242 g/mol. The van der Waals surface area contributed by atoms with E-state index in [0.717, 1.165) is 17.8 Å². The largest absolute Gasteiger partial charge is 0.364 e. The number of nitrogens with zero attached hydrogens (tertiary/aromatic N) is 2. The molecule has 1 atom stereocenters. The van der Waals surface area contributed by atoms with E-state index in [4.69, 9.17) is 5.73 Å². The zero-order valence-electron chi connectivity index (χ0n) is 10.5. The summed E-state index contributed by atoms with van der Waals surface area (Å²) in [6.07, 6.45) is 2.62. The maximum Gasteiger partial charge on any atom is 0.149 e. The van der Waals surface area contributed by atoms with E-state index in [2.05, 4.69) is 27.6 Å². The Morgan fingerprint density at radius 3 is 2.72 bits per heavy atom. The molecule has 0 fully saturated rings. The molecule has 0 bridgehead atoms. The summed E-state index contributed by atoms with van der Waals surface area (Å²) in [5.41, 5.74) is 8.15. The zero-order chi connectivity index (χ0) is 12.8. The number of rotatable bonds is 5. The molecule has 0 aliphatic carbocycles. The number of hydrogen-bond acceptors (Lipinski definition) is 4. The molecule has 18 heavy (non-hydrogen) atoms. The molecule has 2 aromatic rings. The molecule has 1 aromatic heterocycles. The van der Waals surface area contributed by atoms with Crippen molar-refractivity contribution in [3.63, 3.8) is 0 Å². The Labute approximate surface area is 107 Å². The van der Waals surface area contributed by atoms with Crippen LogP contribution in [0.3, 0.4) is 0 Å². The van der Waals surface area contributed by atoms with Crippen molar-refractivity contribution in [3.05, 3.63) is 53.7 Å². The van der Waals surface area contributed by atoms with Gasteiger partial charge in [-0.2, -0.15) is 5.10 Å². The van der Waals surface area contributed by atoms with Crippen LogP contribution in [-0.2, 0) is 6.42 Å². The van der Waals surface area contributed by atoms with Gasteiger partial charge in [-0.25, -0.2) is 0 Å². The Morgan fingerprint density at radius 2 is 2.06 bits per heavy atom. The minimum absolute atomic E-state index is 0.170. The number of aryl methyl sites for hydroxylation is 1. The fourth-order valence-corrected chi connectivity index (χ4v) is 1.84. The molecule has 1 aromatic carbocycles. The van der Waals surface area contributed by atoms with E-state index in [9.17, 15) is 0 Å². The van der Waals surface area contributed by atoms with Gasteiger partial charge in [-0.15, -0.1) is 5.10 Å². The normalized spacial score (nSPS) is 12.1. The summed E-state index contributed by atoms with van der Waals surface area (Å²) < 4.78 is 0. The molecule has 1 heterocycles. The topological polar surface area (TPSA) is 63.8 Å². The van der Waals surface area contributed by atoms with E-state index in [1.54, 1.807) is 6.20 Å². The van der Waals surface area contributed by atoms with Gasteiger partial charge in [0, 0.05) is 12.6 Å². The summed E-state index contributed by atoms with van der Waals surface area (Å²) in [7, 11) is 0. The van der Waals surface area contributed by atoms with Crippen LogP contribution in [0.1, 0.15) is 11.1 Å². The number of hydrogen-bond donors (Lipinski definition) is 2. The van der Waals surface area contributed by atoms with Crippen LogP contribution in [0.2, 0.25) is 0 Å². The highest BCUT2D eigenvalue weighted by atomic mass is 15.2. The predicted octanol–water partition coefficient (Wildman–Crippen LogP) is 1.77. The fraction of sp³-hybridized carbons (Fsp3) is 0.286. The molecule has 0 aliphatic heterocycles. The third-order valence-corrected chi connectivity index (χ3v) is 2.75. The quantitative estimate of drug-likeness (QED) is 0.838. The third-order valence-electron chi connectivity index (χ3n) is 2.75. The Bertz CT molecular complexity index is 484. The van der Waals surface area contributed by atoms with Gasteiger partial charge in [0.05, 0.1) is 6.20 Å². The van der Waals surface area contributed by atoms with Crippen molar-refractivity contribution in [1.29, 1.82) is 0 Å². The van der Waals surface area contributed by atoms with Gasteiger partial charge in [0.25, 0.3) is 0 Å². The lowest BCUT2D eigenvalue weighted by Crippen LogP contribution is -2.31. The predicted molar refractivity (Wildman–Crippen MR) is 73.4 cm³/mol. The van der Waals surface area contributed by atoms with Gasteiger partial charge < -0.3 is 11.1 Å². The van der Waals surface area contributed by atoms with E-state index in [1.807, 2.05) is 31.2 Å². The van der Waals surface area contributed by atoms with Gasteiger partial charge in [0.1, 0.15) is 5.82 Å². The minimum Gasteiger partial charge on any atom is -0.364 e. The van der Waals surface area contributed by atoms with Crippen molar-refractivity contribution < 1.29 is 0 Å². The summed E-state index contributed by atoms with van der Waals surface area (Å²) in [5, 5.41) is 11.3. The van der Waals surface area contributed by atoms with Crippen molar-refractivity contribution in [1.82, 2.24) is 10.2 Å². The average Bonchev–Trinajstić information content (AvgIpc) is 2.39. The summed E-state index contributed by atoms with van der Waals surface area (Å²) >= 11 is 0. The van der Waals surface area contributed by atoms with Crippen molar-refractivity contribution >= 4 is 5.82 Å². The van der Waals surface area contributed by atoms with Gasteiger partial charge >= 0.3 is 0 Å². The van der Waals surface area contributed by atoms with Crippen molar-refractivity contribution in [2.75, 3.05) is 11.9 Å². The highest BCUT2D eigenvalue weighted by Crippen LogP contribution is 2.09. The van der Waals surface area contributed by atoms with Crippen molar-refractivity contribution in [3.8, 4) is 0 Å². The third kappa shape index (κ3) is 3.53. The van der Waals surface area contributed by atoms with E-state index < -0.39 is 0 Å². The zero-order valence-corrected chi connectivity index (χ0v) is 10.5. The second kappa shape index (κ2) is 6.12. The number of aromatic nitrogens is 2. The number of anilines is 1. The summed E-state index contributed by atoms with van der Waals surface area (Å²) in [6, 6.07) is 12.4. The standard InChI is InChI=1S/C14H18N4/c1-11-7-14(18-16-10-11)17-13(9-15)8-12-5-3-2-4-6-12/h2-7,10,13H,8-9,15H2,1H3,(H,17,18). The molecule has 3 N–H and O–H groups in total. The molecule has 4 nitrogen and oxygen atoms in total. The van der Waals surface area contributed by atoms with Crippen LogP contribution < -0.4 is 11.1 Å². The van der Waals surface area contributed by atoms with E-state index in [-0.39, 0.29) is 6.04 Å². The molecular formula is C14H18N4. The molecule has 0 saturated heterocycles. The van der Waals surface area contributed by atoms with E-state index in [0.29, 0.717) is 6.54 Å². The van der Waals surface area contributed by atoms with Crippen LogP contribution in [0.25, 0.3) is 0 Å². The highest BCUT2D eigenvalue weighted by molar-refractivity contribution is 5.37. The molecule has 94 valence electrons. The van der Waals surface area contributed by atoms with E-state index in [1.165, 1.54) is 5.56 Å². The molecular weight excluding hydrogens is 224 g/mol. The monoisotopic (exact) mass is 242 g/mol. The first-order valence-electron chi connectivity index (χ1n) is 6.08. The SMILES string of the molecule is Cc1cnnc(NC(CN)Cc2ccccc2)c1. The summed E-state index contributed by atoms with van der Waals surface area (Å²) in [4.78, 5) is 0. The van der Waals surface area contributed by atoms with Crippen LogP contribution in [0.15, 0.2) is 42.6 Å². The summed E-state index contributed by atoms with van der Waals surface area (Å²) in [5.74, 6) is 0.779. The maximum absolute atomic E-state index is 5.80. The van der Waals surface area contributed by atoms with E-state index >= 15 is 0 Å². The molecule has 1 unspecified atom stereocenters. The molecule has 2 rings (SSSR count). The second-order valence-corrected chi connectivity index (χ2v) is 4.38. The van der Waals surface area contributed by atoms with Crippen molar-refractivity contribution in [2.24, 2.45) is 5.73 Å². The first-order chi connectivity index (χ1) is 8.78. The Hall–Kier alpha value is -1.94.